The molecule has 0 saturated carbocycles. The fourth-order valence-corrected chi connectivity index (χ4v) is 1.38. The lowest BCUT2D eigenvalue weighted by molar-refractivity contribution is 0.161. The van der Waals surface area contributed by atoms with Crippen LogP contribution in [0.1, 0.15) is 43.7 Å². The fourth-order valence-electron chi connectivity index (χ4n) is 1.38. The summed E-state index contributed by atoms with van der Waals surface area (Å²) in [6, 6.07) is 3.89. The molecule has 0 radical (unpaired) electrons. The van der Waals surface area contributed by atoms with E-state index in [9.17, 15) is 0 Å². The van der Waals surface area contributed by atoms with Crippen molar-refractivity contribution in [3.05, 3.63) is 23.7 Å². The Bertz CT molecular complexity index is 258. The molecule has 1 heterocycles. The van der Waals surface area contributed by atoms with Gasteiger partial charge in [0.05, 0.1) is 6.04 Å². The number of furan rings is 1. The Morgan fingerprint density at radius 2 is 2.29 bits per heavy atom. The van der Waals surface area contributed by atoms with E-state index in [2.05, 4.69) is 6.92 Å². The highest BCUT2D eigenvalue weighted by Crippen LogP contribution is 2.19. The number of rotatable bonds is 6. The summed E-state index contributed by atoms with van der Waals surface area (Å²) in [5.41, 5.74) is 5.96. The summed E-state index contributed by atoms with van der Waals surface area (Å²) in [7, 11) is 1.65. The first-order chi connectivity index (χ1) is 6.77. The van der Waals surface area contributed by atoms with Crippen LogP contribution in [-0.2, 0) is 11.3 Å². The topological polar surface area (TPSA) is 48.4 Å². The molecule has 0 saturated heterocycles. The molecule has 80 valence electrons. The average Bonchev–Trinajstić information content (AvgIpc) is 2.63. The van der Waals surface area contributed by atoms with E-state index in [4.69, 9.17) is 14.9 Å². The van der Waals surface area contributed by atoms with E-state index in [1.54, 1.807) is 7.11 Å². The standard InChI is InChI=1S/C11H19NO2/c1-3-4-5-10(12)11-7-6-9(14-11)8-13-2/h6-7,10H,3-5,8,12H2,1-2H3. The molecule has 0 aliphatic heterocycles. The monoisotopic (exact) mass is 197 g/mol. The minimum atomic E-state index is 0.0283. The Balaban J connectivity index is 2.48. The summed E-state index contributed by atoms with van der Waals surface area (Å²) >= 11 is 0. The Morgan fingerprint density at radius 3 is 2.93 bits per heavy atom. The second-order valence-corrected chi connectivity index (χ2v) is 3.49. The molecule has 1 rings (SSSR count). The Hall–Kier alpha value is -0.800. The smallest absolute Gasteiger partial charge is 0.129 e. The maximum Gasteiger partial charge on any atom is 0.129 e. The highest BCUT2D eigenvalue weighted by Gasteiger charge is 2.09. The summed E-state index contributed by atoms with van der Waals surface area (Å²) in [6.45, 7) is 2.67. The zero-order valence-electron chi connectivity index (χ0n) is 8.95. The molecule has 0 amide bonds. The normalized spacial score (nSPS) is 13.1. The first-order valence-corrected chi connectivity index (χ1v) is 5.11. The lowest BCUT2D eigenvalue weighted by atomic mass is 10.1. The van der Waals surface area contributed by atoms with Gasteiger partial charge in [-0.3, -0.25) is 0 Å². The number of nitrogens with two attached hydrogens (primary N) is 1. The zero-order valence-corrected chi connectivity index (χ0v) is 8.95. The van der Waals surface area contributed by atoms with E-state index < -0.39 is 0 Å². The van der Waals surface area contributed by atoms with Gasteiger partial charge < -0.3 is 14.9 Å². The van der Waals surface area contributed by atoms with Gasteiger partial charge in [-0.2, -0.15) is 0 Å². The predicted octanol–water partition coefficient (Wildman–Crippen LogP) is 2.62. The zero-order chi connectivity index (χ0) is 10.4. The van der Waals surface area contributed by atoms with E-state index in [1.807, 2.05) is 12.1 Å². The number of hydrogen-bond acceptors (Lipinski definition) is 3. The highest BCUT2D eigenvalue weighted by atomic mass is 16.5. The van der Waals surface area contributed by atoms with Crippen molar-refractivity contribution in [2.24, 2.45) is 5.73 Å². The van der Waals surface area contributed by atoms with E-state index in [1.165, 1.54) is 6.42 Å². The van der Waals surface area contributed by atoms with Gasteiger partial charge in [-0.05, 0) is 18.6 Å². The molecule has 14 heavy (non-hydrogen) atoms. The van der Waals surface area contributed by atoms with Crippen LogP contribution in [0.25, 0.3) is 0 Å². The van der Waals surface area contributed by atoms with Crippen molar-refractivity contribution in [2.75, 3.05) is 7.11 Å². The molecule has 0 bridgehead atoms. The van der Waals surface area contributed by atoms with Crippen LogP contribution >= 0.6 is 0 Å². The van der Waals surface area contributed by atoms with Crippen LogP contribution in [0.3, 0.4) is 0 Å². The minimum Gasteiger partial charge on any atom is -0.462 e. The third kappa shape index (κ3) is 3.16. The largest absolute Gasteiger partial charge is 0.462 e. The van der Waals surface area contributed by atoms with Gasteiger partial charge in [-0.25, -0.2) is 0 Å². The van der Waals surface area contributed by atoms with E-state index in [-0.39, 0.29) is 6.04 Å². The summed E-state index contributed by atoms with van der Waals surface area (Å²) in [5.74, 6) is 1.71. The molecule has 3 nitrogen and oxygen atoms in total. The van der Waals surface area contributed by atoms with Gasteiger partial charge in [-0.1, -0.05) is 19.8 Å². The lowest BCUT2D eigenvalue weighted by Gasteiger charge is -2.06. The van der Waals surface area contributed by atoms with Crippen LogP contribution in [0.2, 0.25) is 0 Å². The quantitative estimate of drug-likeness (QED) is 0.762. The molecule has 2 N–H and O–H groups in total. The molecule has 0 aromatic carbocycles. The second kappa shape index (κ2) is 5.83. The molecule has 0 aliphatic carbocycles. The number of methoxy groups -OCH3 is 1. The maximum atomic E-state index is 5.96. The summed E-state index contributed by atoms with van der Waals surface area (Å²) in [5, 5.41) is 0. The van der Waals surface area contributed by atoms with Crippen LogP contribution in [-0.4, -0.2) is 7.11 Å². The van der Waals surface area contributed by atoms with Crippen molar-refractivity contribution in [2.45, 2.75) is 38.8 Å². The second-order valence-electron chi connectivity index (χ2n) is 3.49. The molecular formula is C11H19NO2. The number of unbranched alkanes of at least 4 members (excludes halogenated alkanes) is 1. The van der Waals surface area contributed by atoms with Crippen LogP contribution in [0, 0.1) is 0 Å². The molecule has 1 atom stereocenters. The maximum absolute atomic E-state index is 5.96. The molecular weight excluding hydrogens is 178 g/mol. The number of hydrogen-bond donors (Lipinski definition) is 1. The van der Waals surface area contributed by atoms with Gasteiger partial charge >= 0.3 is 0 Å². The van der Waals surface area contributed by atoms with Crippen molar-refractivity contribution in [3.8, 4) is 0 Å². The van der Waals surface area contributed by atoms with Crippen molar-refractivity contribution >= 4 is 0 Å². The number of ether oxygens (including phenoxy) is 1. The van der Waals surface area contributed by atoms with Crippen LogP contribution in [0.15, 0.2) is 16.5 Å². The fraction of sp³-hybridized carbons (Fsp3) is 0.636. The SMILES string of the molecule is CCCCC(N)c1ccc(COC)o1. The summed E-state index contributed by atoms with van der Waals surface area (Å²) in [4.78, 5) is 0. The highest BCUT2D eigenvalue weighted by molar-refractivity contribution is 5.09. The van der Waals surface area contributed by atoms with Gasteiger partial charge in [0, 0.05) is 7.11 Å². The molecule has 3 heteroatoms. The average molecular weight is 197 g/mol. The molecule has 1 aromatic heterocycles. The van der Waals surface area contributed by atoms with Gasteiger partial charge in [0.2, 0.25) is 0 Å². The Labute approximate surface area is 85.2 Å². The van der Waals surface area contributed by atoms with Crippen LogP contribution in [0.5, 0.6) is 0 Å². The molecule has 1 unspecified atom stereocenters. The van der Waals surface area contributed by atoms with Gasteiger partial charge in [0.1, 0.15) is 18.1 Å². The van der Waals surface area contributed by atoms with Crippen molar-refractivity contribution in [1.82, 2.24) is 0 Å². The lowest BCUT2D eigenvalue weighted by Crippen LogP contribution is -2.08. The summed E-state index contributed by atoms with van der Waals surface area (Å²) < 4.78 is 10.5. The first kappa shape index (κ1) is 11.3. The Morgan fingerprint density at radius 1 is 1.50 bits per heavy atom. The van der Waals surface area contributed by atoms with Gasteiger partial charge in [0.25, 0.3) is 0 Å². The molecule has 1 aromatic rings. The van der Waals surface area contributed by atoms with E-state index in [0.717, 1.165) is 24.4 Å². The van der Waals surface area contributed by atoms with E-state index >= 15 is 0 Å². The first-order valence-electron chi connectivity index (χ1n) is 5.11. The third-order valence-electron chi connectivity index (χ3n) is 2.20. The van der Waals surface area contributed by atoms with Crippen molar-refractivity contribution in [1.29, 1.82) is 0 Å². The van der Waals surface area contributed by atoms with Crippen LogP contribution < -0.4 is 5.73 Å². The molecule has 0 aliphatic rings. The van der Waals surface area contributed by atoms with E-state index in [0.29, 0.717) is 6.61 Å². The molecule has 0 fully saturated rings. The third-order valence-corrected chi connectivity index (χ3v) is 2.20. The van der Waals surface area contributed by atoms with Crippen molar-refractivity contribution in [3.63, 3.8) is 0 Å². The minimum absolute atomic E-state index is 0.0283. The van der Waals surface area contributed by atoms with Gasteiger partial charge in [-0.15, -0.1) is 0 Å². The summed E-state index contributed by atoms with van der Waals surface area (Å²) in [6.07, 6.45) is 3.29. The predicted molar refractivity (Wildman–Crippen MR) is 55.9 cm³/mol. The van der Waals surface area contributed by atoms with Crippen LogP contribution in [0.4, 0.5) is 0 Å². The molecule has 0 spiro atoms. The Kier molecular flexibility index (Phi) is 4.70. The van der Waals surface area contributed by atoms with Gasteiger partial charge in [0.15, 0.2) is 0 Å². The van der Waals surface area contributed by atoms with Crippen molar-refractivity contribution < 1.29 is 9.15 Å².